The van der Waals surface area contributed by atoms with E-state index in [0.29, 0.717) is 23.7 Å². The number of nitrogens with one attached hydrogen (secondary N) is 2. The van der Waals surface area contributed by atoms with Gasteiger partial charge in [0.05, 0.1) is 0 Å². The Hall–Kier alpha value is -2.03. The highest BCUT2D eigenvalue weighted by Gasteiger charge is 2.11. The summed E-state index contributed by atoms with van der Waals surface area (Å²) in [6.07, 6.45) is 1.88. The van der Waals surface area contributed by atoms with Gasteiger partial charge in [0.1, 0.15) is 11.6 Å². The number of rotatable bonds is 6. The van der Waals surface area contributed by atoms with E-state index in [2.05, 4.69) is 10.6 Å². The van der Waals surface area contributed by atoms with Gasteiger partial charge < -0.3 is 15.7 Å². The average molecular weight is 294 g/mol. The molecule has 1 amide bonds. The van der Waals surface area contributed by atoms with E-state index in [9.17, 15) is 4.79 Å². The Morgan fingerprint density at radius 3 is 2.95 bits per heavy atom. The molecule has 0 radical (unpaired) electrons. The third-order valence-electron chi connectivity index (χ3n) is 2.61. The normalized spacial score (nSPS) is 10.8. The second-order valence-electron chi connectivity index (χ2n) is 4.07. The molecule has 0 aliphatic carbocycles. The summed E-state index contributed by atoms with van der Waals surface area (Å²) in [6, 6.07) is 6.99. The van der Waals surface area contributed by atoms with Gasteiger partial charge >= 0.3 is 0 Å². The molecule has 1 aromatic carbocycles. The molecule has 106 valence electrons. The zero-order chi connectivity index (χ0) is 15.0. The molecule has 0 saturated heterocycles. The first-order valence-corrected chi connectivity index (χ1v) is 6.49. The number of nitrogens with zero attached hydrogens (tertiary/aromatic N) is 1. The van der Waals surface area contributed by atoms with E-state index >= 15 is 0 Å². The van der Waals surface area contributed by atoms with Crippen LogP contribution in [-0.2, 0) is 4.79 Å². The molecule has 0 heterocycles. The summed E-state index contributed by atoms with van der Waals surface area (Å²) in [7, 11) is 0. The van der Waals surface area contributed by atoms with E-state index in [4.69, 9.17) is 22.0 Å². The van der Waals surface area contributed by atoms with Crippen molar-refractivity contribution in [3.63, 3.8) is 0 Å². The SMILES string of the molecule is Cc1c(Cl)cccc1NC(=O)/C(C#N)=C\NCCCO. The molecule has 0 aliphatic heterocycles. The number of amides is 1. The summed E-state index contributed by atoms with van der Waals surface area (Å²) in [6.45, 7) is 2.33. The Morgan fingerprint density at radius 1 is 1.55 bits per heavy atom. The lowest BCUT2D eigenvalue weighted by molar-refractivity contribution is -0.112. The van der Waals surface area contributed by atoms with Gasteiger partial charge in [-0.1, -0.05) is 17.7 Å². The third kappa shape index (κ3) is 4.57. The minimum Gasteiger partial charge on any atom is -0.396 e. The standard InChI is InChI=1S/C14H16ClN3O2/c1-10-12(15)4-2-5-13(10)18-14(20)11(8-16)9-17-6-3-7-19/h2,4-5,9,17,19H,3,6-7H2,1H3,(H,18,20)/b11-9-. The molecule has 0 spiro atoms. The number of aliphatic hydroxyl groups is 1. The predicted octanol–water partition coefficient (Wildman–Crippen LogP) is 1.97. The van der Waals surface area contributed by atoms with Crippen molar-refractivity contribution in [2.75, 3.05) is 18.5 Å². The summed E-state index contributed by atoms with van der Waals surface area (Å²) in [5.41, 5.74) is 1.27. The van der Waals surface area contributed by atoms with Gasteiger partial charge in [-0.3, -0.25) is 4.79 Å². The molecule has 0 aromatic heterocycles. The van der Waals surface area contributed by atoms with Gasteiger partial charge in [-0.2, -0.15) is 5.26 Å². The Morgan fingerprint density at radius 2 is 2.30 bits per heavy atom. The zero-order valence-corrected chi connectivity index (χ0v) is 11.9. The first-order valence-electron chi connectivity index (χ1n) is 6.11. The van der Waals surface area contributed by atoms with Crippen molar-refractivity contribution in [2.45, 2.75) is 13.3 Å². The van der Waals surface area contributed by atoms with Crippen molar-refractivity contribution < 1.29 is 9.90 Å². The fraction of sp³-hybridized carbons (Fsp3) is 0.286. The first kappa shape index (κ1) is 16.0. The van der Waals surface area contributed by atoms with E-state index in [1.54, 1.807) is 25.1 Å². The minimum atomic E-state index is -0.505. The fourth-order valence-electron chi connectivity index (χ4n) is 1.44. The van der Waals surface area contributed by atoms with E-state index in [-0.39, 0.29) is 12.2 Å². The zero-order valence-electron chi connectivity index (χ0n) is 11.1. The van der Waals surface area contributed by atoms with Crippen LogP contribution in [0, 0.1) is 18.3 Å². The fourth-order valence-corrected chi connectivity index (χ4v) is 1.61. The molecule has 6 heteroatoms. The van der Waals surface area contributed by atoms with Crippen LogP contribution in [-0.4, -0.2) is 24.2 Å². The maximum absolute atomic E-state index is 11.9. The Bertz CT molecular complexity index is 550. The van der Waals surface area contributed by atoms with Gasteiger partial charge in [-0.05, 0) is 31.0 Å². The predicted molar refractivity (Wildman–Crippen MR) is 78.2 cm³/mol. The van der Waals surface area contributed by atoms with Crippen molar-refractivity contribution in [2.24, 2.45) is 0 Å². The monoisotopic (exact) mass is 293 g/mol. The summed E-state index contributed by atoms with van der Waals surface area (Å²) in [5, 5.41) is 23.6. The average Bonchev–Trinajstić information content (AvgIpc) is 2.44. The van der Waals surface area contributed by atoms with Crippen molar-refractivity contribution in [1.82, 2.24) is 5.32 Å². The lowest BCUT2D eigenvalue weighted by Crippen LogP contribution is -2.18. The molecular weight excluding hydrogens is 278 g/mol. The van der Waals surface area contributed by atoms with Crippen LogP contribution < -0.4 is 10.6 Å². The van der Waals surface area contributed by atoms with Gasteiger partial charge in [0.2, 0.25) is 0 Å². The van der Waals surface area contributed by atoms with Crippen LogP contribution >= 0.6 is 11.6 Å². The number of aliphatic hydroxyl groups excluding tert-OH is 1. The number of benzene rings is 1. The highest BCUT2D eigenvalue weighted by molar-refractivity contribution is 6.31. The molecule has 5 nitrogen and oxygen atoms in total. The molecule has 0 fully saturated rings. The summed E-state index contributed by atoms with van der Waals surface area (Å²) < 4.78 is 0. The van der Waals surface area contributed by atoms with Gasteiger partial charge in [-0.15, -0.1) is 0 Å². The van der Waals surface area contributed by atoms with E-state index in [0.717, 1.165) is 5.56 Å². The Balaban J connectivity index is 2.73. The summed E-state index contributed by atoms with van der Waals surface area (Å²) in [4.78, 5) is 11.9. The van der Waals surface area contributed by atoms with Gasteiger partial charge in [0, 0.05) is 30.1 Å². The summed E-state index contributed by atoms with van der Waals surface area (Å²) >= 11 is 5.96. The molecule has 0 saturated carbocycles. The number of hydrogen-bond donors (Lipinski definition) is 3. The van der Waals surface area contributed by atoms with Crippen LogP contribution in [0.1, 0.15) is 12.0 Å². The minimum absolute atomic E-state index is 0.0395. The number of carbonyl (C=O) groups is 1. The number of carbonyl (C=O) groups excluding carboxylic acids is 1. The lowest BCUT2D eigenvalue weighted by Gasteiger charge is -2.09. The van der Waals surface area contributed by atoms with Crippen LogP contribution in [0.5, 0.6) is 0 Å². The number of anilines is 1. The second-order valence-corrected chi connectivity index (χ2v) is 4.47. The molecule has 20 heavy (non-hydrogen) atoms. The molecule has 1 rings (SSSR count). The molecule has 0 bridgehead atoms. The van der Waals surface area contributed by atoms with Crippen LogP contribution in [0.3, 0.4) is 0 Å². The lowest BCUT2D eigenvalue weighted by atomic mass is 10.2. The van der Waals surface area contributed by atoms with Crippen molar-refractivity contribution in [3.05, 3.63) is 40.6 Å². The molecule has 1 aromatic rings. The highest BCUT2D eigenvalue weighted by Crippen LogP contribution is 2.23. The molecule has 0 unspecified atom stereocenters. The van der Waals surface area contributed by atoms with Crippen LogP contribution in [0.25, 0.3) is 0 Å². The van der Waals surface area contributed by atoms with Gasteiger partial charge in [0.15, 0.2) is 0 Å². The summed E-state index contributed by atoms with van der Waals surface area (Å²) in [5.74, 6) is -0.505. The number of hydrogen-bond acceptors (Lipinski definition) is 4. The topological polar surface area (TPSA) is 85.2 Å². The Labute approximate surface area is 122 Å². The highest BCUT2D eigenvalue weighted by atomic mass is 35.5. The van der Waals surface area contributed by atoms with Crippen molar-refractivity contribution in [1.29, 1.82) is 5.26 Å². The van der Waals surface area contributed by atoms with Gasteiger partial charge in [0.25, 0.3) is 5.91 Å². The molecule has 0 atom stereocenters. The largest absolute Gasteiger partial charge is 0.396 e. The maximum atomic E-state index is 11.9. The molecular formula is C14H16ClN3O2. The quantitative estimate of drug-likeness (QED) is 0.425. The second kappa shape index (κ2) is 8.20. The van der Waals surface area contributed by atoms with Crippen LogP contribution in [0.15, 0.2) is 30.0 Å². The van der Waals surface area contributed by atoms with Crippen molar-refractivity contribution in [3.8, 4) is 6.07 Å². The van der Waals surface area contributed by atoms with E-state index in [1.807, 2.05) is 6.07 Å². The van der Waals surface area contributed by atoms with Crippen LogP contribution in [0.2, 0.25) is 5.02 Å². The smallest absolute Gasteiger partial charge is 0.267 e. The number of nitriles is 1. The molecule has 0 aliphatic rings. The van der Waals surface area contributed by atoms with E-state index < -0.39 is 5.91 Å². The van der Waals surface area contributed by atoms with E-state index in [1.165, 1.54) is 6.20 Å². The first-order chi connectivity index (χ1) is 9.60. The molecule has 3 N–H and O–H groups in total. The number of halogens is 1. The third-order valence-corrected chi connectivity index (χ3v) is 3.02. The van der Waals surface area contributed by atoms with Crippen LogP contribution in [0.4, 0.5) is 5.69 Å². The van der Waals surface area contributed by atoms with Gasteiger partial charge in [-0.25, -0.2) is 0 Å². The Kier molecular flexibility index (Phi) is 6.57. The van der Waals surface area contributed by atoms with Crippen molar-refractivity contribution >= 4 is 23.2 Å². The maximum Gasteiger partial charge on any atom is 0.267 e.